The van der Waals surface area contributed by atoms with E-state index < -0.39 is 0 Å². The zero-order valence-corrected chi connectivity index (χ0v) is 14.4. The quantitative estimate of drug-likeness (QED) is 0.871. The first-order valence-corrected chi connectivity index (χ1v) is 9.06. The third kappa shape index (κ3) is 4.87. The van der Waals surface area contributed by atoms with E-state index in [1.165, 1.54) is 10.9 Å². The fraction of sp³-hybridized carbons (Fsp3) is 0.389. The van der Waals surface area contributed by atoms with Gasteiger partial charge in [-0.2, -0.15) is 0 Å². The lowest BCUT2D eigenvalue weighted by Crippen LogP contribution is -2.48. The number of halogens is 1. The molecule has 24 heavy (non-hydrogen) atoms. The van der Waals surface area contributed by atoms with Crippen molar-refractivity contribution in [3.63, 3.8) is 0 Å². The Hall–Kier alpha value is -1.76. The number of rotatable bonds is 6. The number of carbonyl (C=O) groups is 1. The van der Waals surface area contributed by atoms with Crippen LogP contribution in [0.15, 0.2) is 41.8 Å². The Morgan fingerprint density at radius 2 is 1.83 bits per heavy atom. The largest absolute Gasteiger partial charge is 0.351 e. The van der Waals surface area contributed by atoms with Gasteiger partial charge in [-0.05, 0) is 17.5 Å². The molecule has 0 aliphatic carbocycles. The molecule has 1 amide bonds. The van der Waals surface area contributed by atoms with E-state index >= 15 is 0 Å². The highest BCUT2D eigenvalue weighted by molar-refractivity contribution is 7.09. The number of nitrogens with zero attached hydrogens (tertiary/aromatic N) is 2. The minimum atomic E-state index is -0.278. The molecule has 1 aromatic heterocycles. The second kappa shape index (κ2) is 8.37. The van der Waals surface area contributed by atoms with Gasteiger partial charge in [-0.25, -0.2) is 4.39 Å². The Morgan fingerprint density at radius 1 is 1.08 bits per heavy atom. The van der Waals surface area contributed by atoms with Crippen LogP contribution < -0.4 is 5.32 Å². The average molecular weight is 347 g/mol. The molecule has 1 aliphatic rings. The molecule has 0 radical (unpaired) electrons. The first kappa shape index (κ1) is 17.1. The lowest BCUT2D eigenvalue weighted by molar-refractivity contribution is -0.122. The van der Waals surface area contributed by atoms with Crippen molar-refractivity contribution in [1.82, 2.24) is 15.1 Å². The van der Waals surface area contributed by atoms with E-state index in [2.05, 4.69) is 32.6 Å². The summed E-state index contributed by atoms with van der Waals surface area (Å²) in [4.78, 5) is 18.0. The molecule has 2 heterocycles. The molecule has 0 saturated carbocycles. The Bertz CT molecular complexity index is 654. The van der Waals surface area contributed by atoms with Crippen molar-refractivity contribution in [2.75, 3.05) is 32.7 Å². The summed E-state index contributed by atoms with van der Waals surface area (Å²) in [5.74, 6) is -0.329. The highest BCUT2D eigenvalue weighted by Crippen LogP contribution is 2.13. The second-order valence-electron chi connectivity index (χ2n) is 6.00. The van der Waals surface area contributed by atoms with Gasteiger partial charge in [0, 0.05) is 49.7 Å². The maximum absolute atomic E-state index is 13.5. The van der Waals surface area contributed by atoms with Gasteiger partial charge in [-0.3, -0.25) is 14.6 Å². The summed E-state index contributed by atoms with van der Waals surface area (Å²) in [6.45, 7) is 5.32. The lowest BCUT2D eigenvalue weighted by atomic mass is 10.2. The van der Waals surface area contributed by atoms with Gasteiger partial charge in [0.1, 0.15) is 5.82 Å². The van der Waals surface area contributed by atoms with Gasteiger partial charge in [-0.1, -0.05) is 24.3 Å². The summed E-state index contributed by atoms with van der Waals surface area (Å²) in [7, 11) is 0. The average Bonchev–Trinajstić information content (AvgIpc) is 3.09. The minimum absolute atomic E-state index is 0.0510. The van der Waals surface area contributed by atoms with E-state index in [0.29, 0.717) is 12.1 Å². The number of carbonyl (C=O) groups excluding carboxylic acids is 1. The van der Waals surface area contributed by atoms with Gasteiger partial charge in [0.05, 0.1) is 6.54 Å². The fourth-order valence-corrected chi connectivity index (χ4v) is 3.57. The van der Waals surface area contributed by atoms with Crippen molar-refractivity contribution in [3.05, 3.63) is 58.0 Å². The predicted molar refractivity (Wildman–Crippen MR) is 94.3 cm³/mol. The number of piperazine rings is 1. The van der Waals surface area contributed by atoms with Crippen molar-refractivity contribution in [3.8, 4) is 0 Å². The Labute approximate surface area is 145 Å². The molecule has 0 atom stereocenters. The third-order valence-corrected chi connectivity index (χ3v) is 5.09. The number of hydrogen-bond acceptors (Lipinski definition) is 4. The zero-order valence-electron chi connectivity index (χ0n) is 13.6. The number of nitrogens with one attached hydrogen (secondary N) is 1. The van der Waals surface area contributed by atoms with Crippen LogP contribution in [-0.4, -0.2) is 48.4 Å². The molecule has 3 rings (SSSR count). The SMILES string of the molecule is O=C(CN1CCN(Cc2cccs2)CC1)NCc1ccccc1F. The van der Waals surface area contributed by atoms with Crippen molar-refractivity contribution in [2.24, 2.45) is 0 Å². The van der Waals surface area contributed by atoms with Crippen LogP contribution in [0, 0.1) is 5.82 Å². The number of thiophene rings is 1. The first-order valence-electron chi connectivity index (χ1n) is 8.18. The lowest BCUT2D eigenvalue weighted by Gasteiger charge is -2.34. The van der Waals surface area contributed by atoms with Crippen LogP contribution in [0.4, 0.5) is 4.39 Å². The summed E-state index contributed by atoms with van der Waals surface area (Å²) in [6, 6.07) is 10.8. The summed E-state index contributed by atoms with van der Waals surface area (Å²) >= 11 is 1.78. The van der Waals surface area contributed by atoms with Crippen LogP contribution in [0.25, 0.3) is 0 Å². The third-order valence-electron chi connectivity index (χ3n) is 4.23. The molecule has 2 aromatic rings. The van der Waals surface area contributed by atoms with E-state index in [0.717, 1.165) is 32.7 Å². The van der Waals surface area contributed by atoms with Gasteiger partial charge in [0.15, 0.2) is 0 Å². The molecule has 4 nitrogen and oxygen atoms in total. The Morgan fingerprint density at radius 3 is 2.54 bits per heavy atom. The normalized spacial score (nSPS) is 16.2. The van der Waals surface area contributed by atoms with Gasteiger partial charge in [0.25, 0.3) is 0 Å². The number of amides is 1. The smallest absolute Gasteiger partial charge is 0.234 e. The molecule has 1 saturated heterocycles. The topological polar surface area (TPSA) is 35.6 Å². The second-order valence-corrected chi connectivity index (χ2v) is 7.03. The molecule has 1 N–H and O–H groups in total. The van der Waals surface area contributed by atoms with Crippen LogP contribution in [0.3, 0.4) is 0 Å². The summed E-state index contributed by atoms with van der Waals surface area (Å²) in [5.41, 5.74) is 0.520. The summed E-state index contributed by atoms with van der Waals surface area (Å²) in [6.07, 6.45) is 0. The van der Waals surface area contributed by atoms with Crippen molar-refractivity contribution in [2.45, 2.75) is 13.1 Å². The molecular weight excluding hydrogens is 325 g/mol. The molecule has 0 unspecified atom stereocenters. The van der Waals surface area contributed by atoms with E-state index in [4.69, 9.17) is 0 Å². The minimum Gasteiger partial charge on any atom is -0.351 e. The van der Waals surface area contributed by atoms with Gasteiger partial charge in [-0.15, -0.1) is 11.3 Å². The predicted octanol–water partition coefficient (Wildman–Crippen LogP) is 2.32. The maximum atomic E-state index is 13.5. The van der Waals surface area contributed by atoms with Gasteiger partial charge < -0.3 is 5.32 Å². The Kier molecular flexibility index (Phi) is 5.96. The fourth-order valence-electron chi connectivity index (χ4n) is 2.82. The van der Waals surface area contributed by atoms with E-state index in [1.807, 2.05) is 0 Å². The van der Waals surface area contributed by atoms with Crippen LogP contribution in [0.5, 0.6) is 0 Å². The van der Waals surface area contributed by atoms with Crippen LogP contribution in [0.1, 0.15) is 10.4 Å². The van der Waals surface area contributed by atoms with Gasteiger partial charge >= 0.3 is 0 Å². The molecule has 128 valence electrons. The van der Waals surface area contributed by atoms with Gasteiger partial charge in [0.2, 0.25) is 5.91 Å². The zero-order chi connectivity index (χ0) is 16.8. The van der Waals surface area contributed by atoms with Crippen molar-refractivity contribution >= 4 is 17.2 Å². The van der Waals surface area contributed by atoms with Crippen LogP contribution in [-0.2, 0) is 17.9 Å². The maximum Gasteiger partial charge on any atom is 0.234 e. The van der Waals surface area contributed by atoms with E-state index in [9.17, 15) is 9.18 Å². The summed E-state index contributed by atoms with van der Waals surface area (Å²) in [5, 5.41) is 4.90. The molecule has 1 fully saturated rings. The van der Waals surface area contributed by atoms with E-state index in [1.54, 1.807) is 29.5 Å². The van der Waals surface area contributed by atoms with E-state index in [-0.39, 0.29) is 18.3 Å². The Balaban J connectivity index is 1.38. The highest BCUT2D eigenvalue weighted by Gasteiger charge is 2.19. The standard InChI is InChI=1S/C18H22FN3OS/c19-17-6-2-1-4-15(17)12-20-18(23)14-22-9-7-21(8-10-22)13-16-5-3-11-24-16/h1-6,11H,7-10,12-14H2,(H,20,23). The molecule has 6 heteroatoms. The number of benzene rings is 1. The van der Waals surface area contributed by atoms with Crippen molar-refractivity contribution in [1.29, 1.82) is 0 Å². The molecule has 0 bridgehead atoms. The van der Waals surface area contributed by atoms with Crippen LogP contribution in [0.2, 0.25) is 0 Å². The monoisotopic (exact) mass is 347 g/mol. The van der Waals surface area contributed by atoms with Crippen LogP contribution >= 0.6 is 11.3 Å². The molecule has 1 aliphatic heterocycles. The van der Waals surface area contributed by atoms with Crippen molar-refractivity contribution < 1.29 is 9.18 Å². The number of hydrogen-bond donors (Lipinski definition) is 1. The molecular formula is C18H22FN3OS. The summed E-state index contributed by atoms with van der Waals surface area (Å²) < 4.78 is 13.5. The first-order chi connectivity index (χ1) is 11.7. The highest BCUT2D eigenvalue weighted by atomic mass is 32.1. The molecule has 0 spiro atoms. The molecule has 1 aromatic carbocycles.